The van der Waals surface area contributed by atoms with Crippen LogP contribution in [0.25, 0.3) is 0 Å². The quantitative estimate of drug-likeness (QED) is 0.761. The molecule has 1 amide bonds. The number of rotatable bonds is 4. The maximum atomic E-state index is 11.7. The van der Waals surface area contributed by atoms with Crippen LogP contribution in [0.1, 0.15) is 24.3 Å². The van der Waals surface area contributed by atoms with E-state index in [-0.39, 0.29) is 17.8 Å². The van der Waals surface area contributed by atoms with Crippen molar-refractivity contribution < 1.29 is 14.7 Å². The van der Waals surface area contributed by atoms with E-state index in [0.717, 1.165) is 4.68 Å². The van der Waals surface area contributed by atoms with Crippen LogP contribution in [0.15, 0.2) is 16.9 Å². The van der Waals surface area contributed by atoms with Gasteiger partial charge in [0.15, 0.2) is 0 Å². The van der Waals surface area contributed by atoms with Gasteiger partial charge >= 0.3 is 5.97 Å². The van der Waals surface area contributed by atoms with Crippen molar-refractivity contribution in [3.8, 4) is 0 Å². The Hall–Kier alpha value is -2.18. The molecule has 98 valence electrons. The van der Waals surface area contributed by atoms with Gasteiger partial charge in [0.1, 0.15) is 5.69 Å². The van der Waals surface area contributed by atoms with Gasteiger partial charge in [-0.1, -0.05) is 0 Å². The molecule has 18 heavy (non-hydrogen) atoms. The normalized spacial score (nSPS) is 11.1. The van der Waals surface area contributed by atoms with Gasteiger partial charge < -0.3 is 10.4 Å². The molecule has 0 spiro atoms. The van der Waals surface area contributed by atoms with Crippen LogP contribution in [-0.2, 0) is 11.8 Å². The molecular formula is C11H15N3O4. The Morgan fingerprint density at radius 1 is 1.44 bits per heavy atom. The van der Waals surface area contributed by atoms with E-state index >= 15 is 0 Å². The average Bonchev–Trinajstić information content (AvgIpc) is 2.29. The fourth-order valence-electron chi connectivity index (χ4n) is 1.09. The highest BCUT2D eigenvalue weighted by Gasteiger charge is 2.27. The number of carbonyl (C=O) groups excluding carboxylic acids is 1. The first-order chi connectivity index (χ1) is 8.24. The minimum absolute atomic E-state index is 0.0221. The molecular weight excluding hydrogens is 238 g/mol. The number of carboxylic acid groups (broad SMARTS) is 1. The molecule has 1 aromatic heterocycles. The zero-order valence-corrected chi connectivity index (χ0v) is 10.4. The lowest BCUT2D eigenvalue weighted by Crippen LogP contribution is -2.39. The summed E-state index contributed by atoms with van der Waals surface area (Å²) in [5.74, 6) is -1.52. The van der Waals surface area contributed by atoms with Crippen LogP contribution in [0, 0.1) is 5.41 Å². The van der Waals surface area contributed by atoms with Gasteiger partial charge in [-0.2, -0.15) is 5.10 Å². The lowest BCUT2D eigenvalue weighted by Gasteiger charge is -2.19. The number of aryl methyl sites for hydroxylation is 1. The molecule has 0 fully saturated rings. The van der Waals surface area contributed by atoms with E-state index in [2.05, 4.69) is 10.4 Å². The minimum Gasteiger partial charge on any atom is -0.481 e. The van der Waals surface area contributed by atoms with E-state index in [4.69, 9.17) is 5.11 Å². The van der Waals surface area contributed by atoms with Crippen molar-refractivity contribution in [3.63, 3.8) is 0 Å². The molecule has 0 saturated carbocycles. The van der Waals surface area contributed by atoms with Crippen LogP contribution in [0.4, 0.5) is 0 Å². The first kappa shape index (κ1) is 13.9. The molecule has 1 aromatic rings. The number of nitrogens with one attached hydrogen (secondary N) is 1. The number of carbonyl (C=O) groups is 2. The summed E-state index contributed by atoms with van der Waals surface area (Å²) < 4.78 is 1.04. The van der Waals surface area contributed by atoms with Crippen molar-refractivity contribution in [2.75, 3.05) is 6.54 Å². The van der Waals surface area contributed by atoms with Crippen molar-refractivity contribution in [1.82, 2.24) is 15.1 Å². The molecule has 0 saturated heterocycles. The van der Waals surface area contributed by atoms with Crippen LogP contribution in [0.3, 0.4) is 0 Å². The number of carboxylic acids is 1. The molecule has 0 atom stereocenters. The lowest BCUT2D eigenvalue weighted by atomic mass is 9.94. The second kappa shape index (κ2) is 4.99. The van der Waals surface area contributed by atoms with E-state index in [0.29, 0.717) is 0 Å². The number of hydrogen-bond donors (Lipinski definition) is 2. The van der Waals surface area contributed by atoms with Crippen LogP contribution < -0.4 is 10.9 Å². The monoisotopic (exact) mass is 253 g/mol. The largest absolute Gasteiger partial charge is 0.481 e. The smallest absolute Gasteiger partial charge is 0.310 e. The summed E-state index contributed by atoms with van der Waals surface area (Å²) in [6.07, 6.45) is 0. The third-order valence-electron chi connectivity index (χ3n) is 2.46. The van der Waals surface area contributed by atoms with Crippen molar-refractivity contribution in [3.05, 3.63) is 28.2 Å². The van der Waals surface area contributed by atoms with E-state index in [1.54, 1.807) is 0 Å². The molecule has 7 heteroatoms. The Labute approximate surface area is 103 Å². The maximum Gasteiger partial charge on any atom is 0.310 e. The summed E-state index contributed by atoms with van der Waals surface area (Å²) in [7, 11) is 1.43. The Morgan fingerprint density at radius 2 is 2.06 bits per heavy atom. The Kier molecular flexibility index (Phi) is 3.85. The molecule has 2 N–H and O–H groups in total. The third kappa shape index (κ3) is 3.16. The number of amides is 1. The van der Waals surface area contributed by atoms with E-state index in [1.165, 1.54) is 33.0 Å². The summed E-state index contributed by atoms with van der Waals surface area (Å²) in [6.45, 7) is 2.99. The highest BCUT2D eigenvalue weighted by molar-refractivity contribution is 5.92. The summed E-state index contributed by atoms with van der Waals surface area (Å²) in [4.78, 5) is 33.6. The minimum atomic E-state index is -1.06. The molecule has 0 unspecified atom stereocenters. The Balaban J connectivity index is 2.75. The predicted octanol–water partition coefficient (Wildman–Crippen LogP) is -0.379. The van der Waals surface area contributed by atoms with Gasteiger partial charge in [-0.25, -0.2) is 4.68 Å². The molecule has 1 heterocycles. The van der Waals surface area contributed by atoms with Gasteiger partial charge in [-0.15, -0.1) is 0 Å². The van der Waals surface area contributed by atoms with Crippen LogP contribution in [-0.4, -0.2) is 33.3 Å². The molecule has 0 radical (unpaired) electrons. The summed E-state index contributed by atoms with van der Waals surface area (Å²) in [5, 5.41) is 15.1. The van der Waals surface area contributed by atoms with Gasteiger partial charge in [0, 0.05) is 19.7 Å². The molecule has 0 bridgehead atoms. The van der Waals surface area contributed by atoms with E-state index in [1.807, 2.05) is 0 Å². The fourth-order valence-corrected chi connectivity index (χ4v) is 1.09. The topological polar surface area (TPSA) is 101 Å². The number of hydrogen-bond acceptors (Lipinski definition) is 4. The molecule has 7 nitrogen and oxygen atoms in total. The molecule has 0 aliphatic heterocycles. The Morgan fingerprint density at radius 3 is 2.56 bits per heavy atom. The van der Waals surface area contributed by atoms with E-state index in [9.17, 15) is 14.4 Å². The van der Waals surface area contributed by atoms with Crippen LogP contribution >= 0.6 is 0 Å². The standard InChI is InChI=1S/C11H15N3O4/c1-11(2,10(17)18)6-12-9(16)7-4-5-8(15)14(3)13-7/h4-5H,6H2,1-3H3,(H,12,16)(H,17,18). The fraction of sp³-hybridized carbons (Fsp3) is 0.455. The SMILES string of the molecule is Cn1nc(C(=O)NCC(C)(C)C(=O)O)ccc1=O. The first-order valence-corrected chi connectivity index (χ1v) is 5.30. The molecule has 1 rings (SSSR count). The van der Waals surface area contributed by atoms with Crippen LogP contribution in [0.2, 0.25) is 0 Å². The zero-order chi connectivity index (χ0) is 13.9. The van der Waals surface area contributed by atoms with Gasteiger partial charge in [-0.05, 0) is 19.9 Å². The first-order valence-electron chi connectivity index (χ1n) is 5.30. The van der Waals surface area contributed by atoms with Gasteiger partial charge in [0.2, 0.25) is 0 Å². The van der Waals surface area contributed by atoms with Crippen molar-refractivity contribution in [1.29, 1.82) is 0 Å². The van der Waals surface area contributed by atoms with Crippen molar-refractivity contribution >= 4 is 11.9 Å². The lowest BCUT2D eigenvalue weighted by molar-refractivity contribution is -0.146. The third-order valence-corrected chi connectivity index (χ3v) is 2.46. The van der Waals surface area contributed by atoms with E-state index < -0.39 is 17.3 Å². The number of nitrogens with zero attached hydrogens (tertiary/aromatic N) is 2. The molecule has 0 aromatic carbocycles. The maximum absolute atomic E-state index is 11.7. The number of aromatic nitrogens is 2. The predicted molar refractivity (Wildman–Crippen MR) is 63.2 cm³/mol. The summed E-state index contributed by atoms with van der Waals surface area (Å²) in [6, 6.07) is 2.52. The second-order valence-electron chi connectivity index (χ2n) is 4.55. The zero-order valence-electron chi connectivity index (χ0n) is 10.4. The molecule has 0 aliphatic carbocycles. The van der Waals surface area contributed by atoms with Crippen LogP contribution in [0.5, 0.6) is 0 Å². The highest BCUT2D eigenvalue weighted by Crippen LogP contribution is 2.13. The average molecular weight is 253 g/mol. The molecule has 0 aliphatic rings. The van der Waals surface area contributed by atoms with Crippen molar-refractivity contribution in [2.24, 2.45) is 12.5 Å². The second-order valence-corrected chi connectivity index (χ2v) is 4.55. The number of aliphatic carboxylic acids is 1. The van der Waals surface area contributed by atoms with Crippen molar-refractivity contribution in [2.45, 2.75) is 13.8 Å². The van der Waals surface area contributed by atoms with Gasteiger partial charge in [0.05, 0.1) is 5.41 Å². The van der Waals surface area contributed by atoms with Gasteiger partial charge in [0.25, 0.3) is 11.5 Å². The summed E-state index contributed by atoms with van der Waals surface area (Å²) >= 11 is 0. The Bertz CT molecular complexity index is 533. The summed E-state index contributed by atoms with van der Waals surface area (Å²) in [5.41, 5.74) is -1.31. The van der Waals surface area contributed by atoms with Gasteiger partial charge in [-0.3, -0.25) is 14.4 Å². The highest BCUT2D eigenvalue weighted by atomic mass is 16.4.